The zero-order valence-corrected chi connectivity index (χ0v) is 17.9. The Labute approximate surface area is 184 Å². The van der Waals surface area contributed by atoms with Gasteiger partial charge >= 0.3 is 5.97 Å². The number of nitrogens with zero attached hydrogens (tertiary/aromatic N) is 1. The van der Waals surface area contributed by atoms with Gasteiger partial charge in [0, 0.05) is 19.6 Å². The van der Waals surface area contributed by atoms with Gasteiger partial charge in [-0.3, -0.25) is 9.69 Å². The number of hydrogen-bond donors (Lipinski definition) is 0. The summed E-state index contributed by atoms with van der Waals surface area (Å²) in [6.45, 7) is 3.01. The van der Waals surface area contributed by atoms with Gasteiger partial charge in [0.15, 0.2) is 0 Å². The molecular formula is C27H29NO3. The first-order valence-electron chi connectivity index (χ1n) is 10.8. The van der Waals surface area contributed by atoms with Crippen LogP contribution >= 0.6 is 0 Å². The van der Waals surface area contributed by atoms with Gasteiger partial charge in [0.05, 0.1) is 13.0 Å². The zero-order valence-electron chi connectivity index (χ0n) is 17.9. The summed E-state index contributed by atoms with van der Waals surface area (Å²) >= 11 is 0. The van der Waals surface area contributed by atoms with E-state index in [9.17, 15) is 4.79 Å². The fourth-order valence-corrected chi connectivity index (χ4v) is 4.36. The second-order valence-electron chi connectivity index (χ2n) is 8.20. The minimum Gasteiger partial charge on any atom is -0.489 e. The molecule has 1 saturated heterocycles. The standard InChI is InChI=1S/C27H29NO3/c1-30-27(29)26-19-28(17-21-9-4-2-5-10-21)18-24(26)15-23-13-8-14-25(16-23)31-20-22-11-6-3-7-12-22/h2-14,16,24,26H,15,17-20H2,1H3/t24-,26+/m1/s1. The predicted octanol–water partition coefficient (Wildman–Crippen LogP) is 4.73. The van der Waals surface area contributed by atoms with Crippen LogP contribution in [0.5, 0.6) is 5.75 Å². The van der Waals surface area contributed by atoms with Gasteiger partial charge in [0.25, 0.3) is 0 Å². The third-order valence-corrected chi connectivity index (χ3v) is 5.91. The maximum absolute atomic E-state index is 12.5. The molecular weight excluding hydrogens is 386 g/mol. The van der Waals surface area contributed by atoms with E-state index in [1.54, 1.807) is 0 Å². The lowest BCUT2D eigenvalue weighted by molar-refractivity contribution is -0.146. The van der Waals surface area contributed by atoms with E-state index < -0.39 is 0 Å². The molecule has 0 aromatic heterocycles. The minimum atomic E-state index is -0.114. The van der Waals surface area contributed by atoms with Crippen molar-refractivity contribution in [2.24, 2.45) is 11.8 Å². The third-order valence-electron chi connectivity index (χ3n) is 5.91. The van der Waals surface area contributed by atoms with Crippen molar-refractivity contribution in [3.05, 3.63) is 102 Å². The molecule has 0 unspecified atom stereocenters. The molecule has 1 heterocycles. The summed E-state index contributed by atoms with van der Waals surface area (Å²) in [7, 11) is 1.48. The molecule has 0 aliphatic carbocycles. The molecule has 0 spiro atoms. The average Bonchev–Trinajstić information content (AvgIpc) is 3.20. The summed E-state index contributed by atoms with van der Waals surface area (Å²) in [6, 6.07) is 28.8. The van der Waals surface area contributed by atoms with E-state index >= 15 is 0 Å². The zero-order chi connectivity index (χ0) is 21.5. The molecule has 3 aromatic carbocycles. The van der Waals surface area contributed by atoms with Crippen LogP contribution in [0.3, 0.4) is 0 Å². The first kappa shape index (κ1) is 21.1. The van der Waals surface area contributed by atoms with Crippen molar-refractivity contribution in [3.8, 4) is 5.75 Å². The highest BCUT2D eigenvalue weighted by atomic mass is 16.5. The van der Waals surface area contributed by atoms with Crippen LogP contribution < -0.4 is 4.74 Å². The molecule has 0 N–H and O–H groups in total. The van der Waals surface area contributed by atoms with Crippen LogP contribution in [0.25, 0.3) is 0 Å². The lowest BCUT2D eigenvalue weighted by Gasteiger charge is -2.17. The van der Waals surface area contributed by atoms with E-state index in [1.807, 2.05) is 36.4 Å². The quantitative estimate of drug-likeness (QED) is 0.499. The molecule has 0 bridgehead atoms. The van der Waals surface area contributed by atoms with Gasteiger partial charge in [-0.2, -0.15) is 0 Å². The summed E-state index contributed by atoms with van der Waals surface area (Å²) in [5.74, 6) is 0.857. The molecule has 2 atom stereocenters. The maximum Gasteiger partial charge on any atom is 0.310 e. The maximum atomic E-state index is 12.5. The van der Waals surface area contributed by atoms with Gasteiger partial charge in [-0.25, -0.2) is 0 Å². The number of ether oxygens (including phenoxy) is 2. The van der Waals surface area contributed by atoms with Gasteiger partial charge in [0.2, 0.25) is 0 Å². The Kier molecular flexibility index (Phi) is 7.00. The van der Waals surface area contributed by atoms with E-state index in [4.69, 9.17) is 9.47 Å². The van der Waals surface area contributed by atoms with Crippen molar-refractivity contribution in [2.45, 2.75) is 19.6 Å². The Morgan fingerprint density at radius 2 is 1.55 bits per heavy atom. The Morgan fingerprint density at radius 1 is 0.871 bits per heavy atom. The first-order valence-corrected chi connectivity index (χ1v) is 10.8. The SMILES string of the molecule is COC(=O)[C@H]1CN(Cc2ccccc2)C[C@H]1Cc1cccc(OCc2ccccc2)c1. The van der Waals surface area contributed by atoms with E-state index in [1.165, 1.54) is 18.2 Å². The van der Waals surface area contributed by atoms with E-state index in [2.05, 4.69) is 53.4 Å². The van der Waals surface area contributed by atoms with Crippen LogP contribution in [0.4, 0.5) is 0 Å². The van der Waals surface area contributed by atoms with E-state index in [0.29, 0.717) is 6.61 Å². The van der Waals surface area contributed by atoms with E-state index in [0.717, 1.165) is 37.4 Å². The highest BCUT2D eigenvalue weighted by molar-refractivity contribution is 5.73. The van der Waals surface area contributed by atoms with Gasteiger partial charge < -0.3 is 9.47 Å². The molecule has 31 heavy (non-hydrogen) atoms. The van der Waals surface area contributed by atoms with Crippen LogP contribution in [0.1, 0.15) is 16.7 Å². The highest BCUT2D eigenvalue weighted by Crippen LogP contribution is 2.30. The molecule has 1 aliphatic rings. The number of carbonyl (C=O) groups excluding carboxylic acids is 1. The number of benzene rings is 3. The number of likely N-dealkylation sites (tertiary alicyclic amines) is 1. The molecule has 1 fully saturated rings. The molecule has 1 aliphatic heterocycles. The van der Waals surface area contributed by atoms with Crippen LogP contribution in [-0.4, -0.2) is 31.1 Å². The summed E-state index contributed by atoms with van der Waals surface area (Å²) in [5.41, 5.74) is 3.60. The smallest absolute Gasteiger partial charge is 0.310 e. The van der Waals surface area contributed by atoms with Gasteiger partial charge in [0.1, 0.15) is 12.4 Å². The van der Waals surface area contributed by atoms with Crippen molar-refractivity contribution in [3.63, 3.8) is 0 Å². The Bertz CT molecular complexity index is 974. The number of hydrogen-bond acceptors (Lipinski definition) is 4. The molecule has 4 heteroatoms. The number of rotatable bonds is 8. The normalized spacial score (nSPS) is 18.6. The number of carbonyl (C=O) groups is 1. The van der Waals surface area contributed by atoms with Crippen molar-refractivity contribution < 1.29 is 14.3 Å². The molecule has 0 amide bonds. The minimum absolute atomic E-state index is 0.109. The van der Waals surface area contributed by atoms with Crippen molar-refractivity contribution >= 4 is 5.97 Å². The second-order valence-corrected chi connectivity index (χ2v) is 8.20. The first-order chi connectivity index (χ1) is 15.2. The summed E-state index contributed by atoms with van der Waals surface area (Å²) < 4.78 is 11.1. The Hall–Kier alpha value is -3.11. The van der Waals surface area contributed by atoms with Gasteiger partial charge in [-0.05, 0) is 41.2 Å². The van der Waals surface area contributed by atoms with Crippen molar-refractivity contribution in [1.29, 1.82) is 0 Å². The monoisotopic (exact) mass is 415 g/mol. The largest absolute Gasteiger partial charge is 0.489 e. The van der Waals surface area contributed by atoms with Crippen molar-refractivity contribution in [1.82, 2.24) is 4.90 Å². The molecule has 160 valence electrons. The van der Waals surface area contributed by atoms with Crippen LogP contribution in [0, 0.1) is 11.8 Å². The third kappa shape index (κ3) is 5.74. The molecule has 0 radical (unpaired) electrons. The highest BCUT2D eigenvalue weighted by Gasteiger charge is 2.38. The van der Waals surface area contributed by atoms with Gasteiger partial charge in [-0.1, -0.05) is 72.8 Å². The average molecular weight is 416 g/mol. The van der Waals surface area contributed by atoms with Crippen LogP contribution in [0.15, 0.2) is 84.9 Å². The van der Waals surface area contributed by atoms with Crippen LogP contribution in [-0.2, 0) is 29.1 Å². The number of methoxy groups -OCH3 is 1. The second kappa shape index (κ2) is 10.3. The summed E-state index contributed by atoms with van der Waals surface area (Å²) in [5, 5.41) is 0. The summed E-state index contributed by atoms with van der Waals surface area (Å²) in [4.78, 5) is 14.8. The number of esters is 1. The fraction of sp³-hybridized carbons (Fsp3) is 0.296. The Balaban J connectivity index is 1.41. The summed E-state index contributed by atoms with van der Waals surface area (Å²) in [6.07, 6.45) is 0.827. The predicted molar refractivity (Wildman–Crippen MR) is 122 cm³/mol. The Morgan fingerprint density at radius 3 is 2.26 bits per heavy atom. The molecule has 4 rings (SSSR count). The fourth-order valence-electron chi connectivity index (χ4n) is 4.36. The lowest BCUT2D eigenvalue weighted by Crippen LogP contribution is -2.25. The van der Waals surface area contributed by atoms with Crippen molar-refractivity contribution in [2.75, 3.05) is 20.2 Å². The molecule has 4 nitrogen and oxygen atoms in total. The lowest BCUT2D eigenvalue weighted by atomic mass is 9.89. The molecule has 0 saturated carbocycles. The van der Waals surface area contributed by atoms with E-state index in [-0.39, 0.29) is 17.8 Å². The molecule has 3 aromatic rings. The van der Waals surface area contributed by atoms with Crippen LogP contribution in [0.2, 0.25) is 0 Å². The topological polar surface area (TPSA) is 38.8 Å². The van der Waals surface area contributed by atoms with Gasteiger partial charge in [-0.15, -0.1) is 0 Å².